The first-order valence-corrected chi connectivity index (χ1v) is 32.6. The van der Waals surface area contributed by atoms with Crippen LogP contribution in [-0.2, 0) is 14.3 Å². The van der Waals surface area contributed by atoms with Crippen molar-refractivity contribution in [2.45, 2.75) is 347 Å². The fourth-order valence-electron chi connectivity index (χ4n) is 9.75. The van der Waals surface area contributed by atoms with Crippen molar-refractivity contribution < 1.29 is 24.5 Å². The number of carbonyl (C=O) groups excluding carboxylic acids is 2. The van der Waals surface area contributed by atoms with Crippen LogP contribution in [0.2, 0.25) is 0 Å². The SMILES string of the molecule is CCCCC/C=C\C/C=C\CCCCCCCCCCCC(=O)OCCCCCCCCCCC/C=C\C/C=C\CCCCCCCCCCCCCCCC(=O)NC(CO)C(O)/C=C/CCCCCCCCC. The van der Waals surface area contributed by atoms with Gasteiger partial charge in [-0.05, 0) is 96.3 Å². The van der Waals surface area contributed by atoms with E-state index in [-0.39, 0.29) is 18.5 Å². The molecule has 6 heteroatoms. The zero-order valence-corrected chi connectivity index (χ0v) is 49.3. The Hall–Kier alpha value is -2.44. The first-order valence-electron chi connectivity index (χ1n) is 32.6. The lowest BCUT2D eigenvalue weighted by Gasteiger charge is -2.20. The highest BCUT2D eigenvalue weighted by Gasteiger charge is 2.18. The van der Waals surface area contributed by atoms with Gasteiger partial charge in [0.1, 0.15) is 0 Å². The summed E-state index contributed by atoms with van der Waals surface area (Å²) in [5.74, 6) is -0.0645. The minimum Gasteiger partial charge on any atom is -0.466 e. The molecule has 0 saturated carbocycles. The summed E-state index contributed by atoms with van der Waals surface area (Å²) >= 11 is 0. The maximum atomic E-state index is 12.4. The lowest BCUT2D eigenvalue weighted by molar-refractivity contribution is -0.143. The van der Waals surface area contributed by atoms with Gasteiger partial charge >= 0.3 is 5.97 Å². The van der Waals surface area contributed by atoms with Crippen molar-refractivity contribution in [3.8, 4) is 0 Å². The summed E-state index contributed by atoms with van der Waals surface area (Å²) in [6, 6.07) is -0.627. The standard InChI is InChI=1S/C68H125NO5/c1-3-5-7-9-11-13-14-15-16-17-29-33-36-39-42-46-50-54-58-62-68(73)74-63-59-55-51-47-43-40-37-34-31-28-26-24-22-20-18-19-21-23-25-27-30-32-35-38-41-45-49-53-57-61-67(72)69-65(64-70)66(71)60-56-52-48-44-12-10-8-6-4-2/h11,13,15-16,18,20,24,26,56,60,65-66,70-71H,3-10,12,14,17,19,21-23,25,27-55,57-59,61-64H2,1-2H3,(H,69,72)/b13-11-,16-15-,20-18-,26-24-,60-56+. The number of hydrogen-bond donors (Lipinski definition) is 3. The van der Waals surface area contributed by atoms with Gasteiger partial charge in [-0.1, -0.05) is 286 Å². The van der Waals surface area contributed by atoms with Crippen LogP contribution in [0.25, 0.3) is 0 Å². The Labute approximate surface area is 460 Å². The third-order valence-corrected chi connectivity index (χ3v) is 14.8. The Bertz CT molecular complexity index is 1290. The molecular weight excluding hydrogens is 911 g/mol. The average molecular weight is 1040 g/mol. The van der Waals surface area contributed by atoms with Crippen molar-refractivity contribution in [3.63, 3.8) is 0 Å². The first kappa shape index (κ1) is 71.6. The van der Waals surface area contributed by atoms with E-state index in [9.17, 15) is 19.8 Å². The smallest absolute Gasteiger partial charge is 0.305 e. The van der Waals surface area contributed by atoms with Crippen LogP contribution in [0.1, 0.15) is 335 Å². The van der Waals surface area contributed by atoms with E-state index >= 15 is 0 Å². The molecule has 0 rings (SSSR count). The van der Waals surface area contributed by atoms with Crippen LogP contribution in [0.15, 0.2) is 60.8 Å². The molecule has 6 nitrogen and oxygen atoms in total. The number of aliphatic hydroxyl groups excluding tert-OH is 2. The van der Waals surface area contributed by atoms with Crippen LogP contribution < -0.4 is 5.32 Å². The third-order valence-electron chi connectivity index (χ3n) is 14.8. The van der Waals surface area contributed by atoms with Gasteiger partial charge in [0.05, 0.1) is 25.4 Å². The topological polar surface area (TPSA) is 95.9 Å². The van der Waals surface area contributed by atoms with Gasteiger partial charge in [0.2, 0.25) is 5.91 Å². The van der Waals surface area contributed by atoms with Crippen molar-refractivity contribution >= 4 is 11.9 Å². The zero-order valence-electron chi connectivity index (χ0n) is 49.3. The van der Waals surface area contributed by atoms with Gasteiger partial charge < -0.3 is 20.3 Å². The quantitative estimate of drug-likeness (QED) is 0.0320. The van der Waals surface area contributed by atoms with Gasteiger partial charge in [0, 0.05) is 12.8 Å². The number of unbranched alkanes of at least 4 members (excludes halogenated alkanes) is 41. The van der Waals surface area contributed by atoms with Crippen LogP contribution in [0, 0.1) is 0 Å². The molecule has 0 heterocycles. The highest BCUT2D eigenvalue weighted by molar-refractivity contribution is 5.76. The van der Waals surface area contributed by atoms with Crippen LogP contribution in [0.4, 0.5) is 0 Å². The van der Waals surface area contributed by atoms with Gasteiger partial charge in [0.25, 0.3) is 0 Å². The molecule has 0 radical (unpaired) electrons. The monoisotopic (exact) mass is 1040 g/mol. The molecule has 0 aliphatic heterocycles. The fourth-order valence-corrected chi connectivity index (χ4v) is 9.75. The number of ether oxygens (including phenoxy) is 1. The van der Waals surface area contributed by atoms with Gasteiger partial charge in [-0.3, -0.25) is 9.59 Å². The van der Waals surface area contributed by atoms with E-state index in [4.69, 9.17) is 4.74 Å². The number of amides is 1. The third kappa shape index (κ3) is 58.8. The van der Waals surface area contributed by atoms with E-state index in [0.29, 0.717) is 19.4 Å². The summed E-state index contributed by atoms with van der Waals surface area (Å²) < 4.78 is 5.50. The predicted molar refractivity (Wildman–Crippen MR) is 324 cm³/mol. The molecule has 0 bridgehead atoms. The van der Waals surface area contributed by atoms with E-state index in [1.807, 2.05) is 6.08 Å². The van der Waals surface area contributed by atoms with E-state index in [0.717, 1.165) is 57.8 Å². The second-order valence-electron chi connectivity index (χ2n) is 22.1. The van der Waals surface area contributed by atoms with Gasteiger partial charge in [0.15, 0.2) is 0 Å². The molecule has 2 unspecified atom stereocenters. The molecule has 3 N–H and O–H groups in total. The molecule has 0 saturated heterocycles. The summed E-state index contributed by atoms with van der Waals surface area (Å²) in [6.07, 6.45) is 82.9. The summed E-state index contributed by atoms with van der Waals surface area (Å²) in [5, 5.41) is 23.0. The largest absolute Gasteiger partial charge is 0.466 e. The Morgan fingerprint density at radius 3 is 1.05 bits per heavy atom. The maximum Gasteiger partial charge on any atom is 0.305 e. The van der Waals surface area contributed by atoms with E-state index in [1.165, 1.54) is 250 Å². The summed E-state index contributed by atoms with van der Waals surface area (Å²) in [5.41, 5.74) is 0. The number of esters is 1. The Morgan fingerprint density at radius 1 is 0.378 bits per heavy atom. The van der Waals surface area contributed by atoms with Crippen molar-refractivity contribution in [1.29, 1.82) is 0 Å². The van der Waals surface area contributed by atoms with Crippen molar-refractivity contribution in [2.24, 2.45) is 0 Å². The molecule has 0 spiro atoms. The molecule has 0 aromatic heterocycles. The van der Waals surface area contributed by atoms with Crippen molar-refractivity contribution in [2.75, 3.05) is 13.2 Å². The number of carbonyl (C=O) groups is 2. The van der Waals surface area contributed by atoms with Crippen LogP contribution in [0.5, 0.6) is 0 Å². The maximum absolute atomic E-state index is 12.4. The second-order valence-corrected chi connectivity index (χ2v) is 22.1. The molecule has 2 atom stereocenters. The minimum absolute atomic E-state index is 0.00736. The summed E-state index contributed by atoms with van der Waals surface area (Å²) in [6.45, 7) is 4.85. The number of aliphatic hydroxyl groups is 2. The highest BCUT2D eigenvalue weighted by atomic mass is 16.5. The van der Waals surface area contributed by atoms with Crippen LogP contribution in [0.3, 0.4) is 0 Å². The van der Waals surface area contributed by atoms with Gasteiger partial charge in [-0.25, -0.2) is 0 Å². The predicted octanol–water partition coefficient (Wildman–Crippen LogP) is 20.7. The minimum atomic E-state index is -0.844. The van der Waals surface area contributed by atoms with Crippen LogP contribution in [-0.4, -0.2) is 47.4 Å². The van der Waals surface area contributed by atoms with E-state index < -0.39 is 12.1 Å². The molecule has 0 aliphatic rings. The van der Waals surface area contributed by atoms with Crippen molar-refractivity contribution in [1.82, 2.24) is 5.32 Å². The molecular formula is C68H125NO5. The Morgan fingerprint density at radius 2 is 0.676 bits per heavy atom. The summed E-state index contributed by atoms with van der Waals surface area (Å²) in [7, 11) is 0. The van der Waals surface area contributed by atoms with E-state index in [2.05, 4.69) is 67.8 Å². The molecule has 1 amide bonds. The second kappa shape index (κ2) is 63.1. The van der Waals surface area contributed by atoms with E-state index in [1.54, 1.807) is 6.08 Å². The molecule has 0 fully saturated rings. The molecule has 0 aromatic rings. The lowest BCUT2D eigenvalue weighted by atomic mass is 10.0. The Balaban J connectivity index is 3.39. The molecule has 0 aliphatic carbocycles. The number of nitrogens with one attached hydrogen (secondary N) is 1. The number of allylic oxidation sites excluding steroid dienone is 9. The highest BCUT2D eigenvalue weighted by Crippen LogP contribution is 2.17. The normalized spacial score (nSPS) is 13.0. The average Bonchev–Trinajstić information content (AvgIpc) is 3.40. The zero-order chi connectivity index (χ0) is 53.6. The Kier molecular flexibility index (Phi) is 61.0. The fraction of sp³-hybridized carbons (Fsp3) is 0.824. The lowest BCUT2D eigenvalue weighted by Crippen LogP contribution is -2.45. The number of rotatable bonds is 60. The van der Waals surface area contributed by atoms with Gasteiger partial charge in [-0.15, -0.1) is 0 Å². The summed E-state index contributed by atoms with van der Waals surface area (Å²) in [4.78, 5) is 24.5. The first-order chi connectivity index (χ1) is 36.5. The van der Waals surface area contributed by atoms with Crippen LogP contribution >= 0.6 is 0 Å². The number of hydrogen-bond acceptors (Lipinski definition) is 5. The molecule has 0 aromatic carbocycles. The van der Waals surface area contributed by atoms with Crippen molar-refractivity contribution in [3.05, 3.63) is 60.8 Å². The molecule has 74 heavy (non-hydrogen) atoms. The molecule has 432 valence electrons. The van der Waals surface area contributed by atoms with Gasteiger partial charge in [-0.2, -0.15) is 0 Å².